The number of rotatable bonds is 7. The molecule has 10 heteroatoms. The molecule has 1 saturated heterocycles. The smallest absolute Gasteiger partial charge is 0.203 e. The summed E-state index contributed by atoms with van der Waals surface area (Å²) in [6.45, 7) is 12.9. The highest BCUT2D eigenvalue weighted by Crippen LogP contribution is 2.40. The van der Waals surface area contributed by atoms with Gasteiger partial charge in [-0.15, -0.1) is 10.2 Å². The molecule has 1 aliphatic heterocycles. The molecule has 0 radical (unpaired) electrons. The number of imidazole rings is 1. The number of nitrogens with one attached hydrogen (secondary N) is 1. The molecule has 36 heavy (non-hydrogen) atoms. The Morgan fingerprint density at radius 2 is 2.00 bits per heavy atom. The molecule has 0 spiro atoms. The standard InChI is InChI=1S/C26H35N9O/c1-15(2)28-24-26-32-31-18(5)34(26)13-21(29-24)25-30-20-12-27-23(33-8-9-36-14-17(33)4)11-22(20)35(25)16(3)10-19-6-7-19/h11-13,15-17,19H,6-10,14H2,1-5H3,(H,28,29). The van der Waals surface area contributed by atoms with E-state index in [0.717, 1.165) is 77.8 Å². The van der Waals surface area contributed by atoms with Gasteiger partial charge in [0, 0.05) is 30.9 Å². The topological polar surface area (TPSA) is 98.3 Å². The zero-order chi connectivity index (χ0) is 25.0. The van der Waals surface area contributed by atoms with Gasteiger partial charge in [0.25, 0.3) is 0 Å². The summed E-state index contributed by atoms with van der Waals surface area (Å²) in [5.74, 6) is 4.16. The highest BCUT2D eigenvalue weighted by molar-refractivity contribution is 5.82. The van der Waals surface area contributed by atoms with Crippen molar-refractivity contribution in [2.75, 3.05) is 30.0 Å². The Kier molecular flexibility index (Phi) is 5.78. The summed E-state index contributed by atoms with van der Waals surface area (Å²) in [5.41, 5.74) is 3.51. The number of aryl methyl sites for hydroxylation is 1. The summed E-state index contributed by atoms with van der Waals surface area (Å²) in [5, 5.41) is 12.1. The lowest BCUT2D eigenvalue weighted by molar-refractivity contribution is 0.0985. The number of hydrogen-bond donors (Lipinski definition) is 1. The van der Waals surface area contributed by atoms with Crippen LogP contribution in [0.3, 0.4) is 0 Å². The van der Waals surface area contributed by atoms with E-state index in [0.29, 0.717) is 0 Å². The maximum atomic E-state index is 5.66. The SMILES string of the molecule is Cc1nnc2c(NC(C)C)nc(-c3nc4cnc(N5CCOCC5C)cc4n3C(C)CC3CC3)cn12. The number of aromatic nitrogens is 7. The van der Waals surface area contributed by atoms with Crippen molar-refractivity contribution in [1.82, 2.24) is 34.1 Å². The number of hydrogen-bond acceptors (Lipinski definition) is 8. The summed E-state index contributed by atoms with van der Waals surface area (Å²) in [7, 11) is 0. The molecule has 5 heterocycles. The fraction of sp³-hybridized carbons (Fsp3) is 0.577. The highest BCUT2D eigenvalue weighted by Gasteiger charge is 2.29. The van der Waals surface area contributed by atoms with E-state index in [1.165, 1.54) is 12.8 Å². The van der Waals surface area contributed by atoms with E-state index in [2.05, 4.69) is 58.7 Å². The average molecular weight is 490 g/mol. The van der Waals surface area contributed by atoms with Crippen LogP contribution in [0.15, 0.2) is 18.5 Å². The third-order valence-corrected chi connectivity index (χ3v) is 7.25. The van der Waals surface area contributed by atoms with Gasteiger partial charge in [0.2, 0.25) is 5.65 Å². The maximum absolute atomic E-state index is 5.66. The third kappa shape index (κ3) is 4.17. The fourth-order valence-electron chi connectivity index (χ4n) is 5.27. The number of anilines is 2. The Morgan fingerprint density at radius 1 is 1.17 bits per heavy atom. The molecule has 10 nitrogen and oxygen atoms in total. The average Bonchev–Trinajstić information content (AvgIpc) is 3.46. The fourth-order valence-corrected chi connectivity index (χ4v) is 5.27. The lowest BCUT2D eigenvalue weighted by Crippen LogP contribution is -2.44. The third-order valence-electron chi connectivity index (χ3n) is 7.25. The second-order valence-corrected chi connectivity index (χ2v) is 10.7. The van der Waals surface area contributed by atoms with Crippen LogP contribution in [-0.2, 0) is 4.74 Å². The normalized spacial score (nSPS) is 19.5. The summed E-state index contributed by atoms with van der Waals surface area (Å²) in [4.78, 5) is 17.3. The lowest BCUT2D eigenvalue weighted by Gasteiger charge is -2.34. The minimum Gasteiger partial charge on any atom is -0.377 e. The van der Waals surface area contributed by atoms with Gasteiger partial charge >= 0.3 is 0 Å². The second kappa shape index (κ2) is 8.99. The van der Waals surface area contributed by atoms with Crippen LogP contribution >= 0.6 is 0 Å². The van der Waals surface area contributed by atoms with E-state index >= 15 is 0 Å². The van der Waals surface area contributed by atoms with Crippen molar-refractivity contribution in [3.05, 3.63) is 24.3 Å². The van der Waals surface area contributed by atoms with Crippen molar-refractivity contribution in [2.45, 2.75) is 72.0 Å². The van der Waals surface area contributed by atoms with E-state index in [4.69, 9.17) is 19.7 Å². The van der Waals surface area contributed by atoms with Crippen LogP contribution in [0.25, 0.3) is 28.2 Å². The maximum Gasteiger partial charge on any atom is 0.203 e. The van der Waals surface area contributed by atoms with Crippen LogP contribution in [-0.4, -0.2) is 66.0 Å². The van der Waals surface area contributed by atoms with Gasteiger partial charge in [0.05, 0.1) is 31.0 Å². The summed E-state index contributed by atoms with van der Waals surface area (Å²) in [6, 6.07) is 2.99. The minimum atomic E-state index is 0.212. The van der Waals surface area contributed by atoms with Crippen molar-refractivity contribution in [1.29, 1.82) is 0 Å². The quantitative estimate of drug-likeness (QED) is 0.411. The van der Waals surface area contributed by atoms with Crippen molar-refractivity contribution in [3.63, 3.8) is 0 Å². The molecule has 2 aliphatic rings. The van der Waals surface area contributed by atoms with Crippen LogP contribution in [0.1, 0.15) is 58.8 Å². The molecule has 2 unspecified atom stereocenters. The van der Waals surface area contributed by atoms with Crippen molar-refractivity contribution < 1.29 is 4.74 Å². The summed E-state index contributed by atoms with van der Waals surface area (Å²) in [6.07, 6.45) is 7.69. The predicted octanol–water partition coefficient (Wildman–Crippen LogP) is 4.25. The molecule has 4 aromatic rings. The zero-order valence-electron chi connectivity index (χ0n) is 21.8. The molecule has 1 aliphatic carbocycles. The van der Waals surface area contributed by atoms with Crippen LogP contribution in [0, 0.1) is 12.8 Å². The molecule has 2 fully saturated rings. The van der Waals surface area contributed by atoms with Crippen LogP contribution in [0.5, 0.6) is 0 Å². The van der Waals surface area contributed by atoms with Crippen LogP contribution < -0.4 is 10.2 Å². The number of pyridine rings is 1. The van der Waals surface area contributed by atoms with E-state index in [1.54, 1.807) is 0 Å². The van der Waals surface area contributed by atoms with Gasteiger partial charge in [-0.1, -0.05) is 12.8 Å². The number of ether oxygens (including phenoxy) is 1. The van der Waals surface area contributed by atoms with Gasteiger partial charge in [-0.25, -0.2) is 15.0 Å². The Morgan fingerprint density at radius 3 is 2.75 bits per heavy atom. The van der Waals surface area contributed by atoms with Crippen molar-refractivity contribution in [2.24, 2.45) is 5.92 Å². The highest BCUT2D eigenvalue weighted by atomic mass is 16.5. The van der Waals surface area contributed by atoms with E-state index < -0.39 is 0 Å². The number of nitrogens with zero attached hydrogens (tertiary/aromatic N) is 8. The first-order valence-corrected chi connectivity index (χ1v) is 13.1. The van der Waals surface area contributed by atoms with E-state index in [-0.39, 0.29) is 18.1 Å². The molecule has 2 atom stereocenters. The van der Waals surface area contributed by atoms with Gasteiger partial charge in [-0.05, 0) is 47.0 Å². The van der Waals surface area contributed by atoms with Crippen molar-refractivity contribution in [3.8, 4) is 11.5 Å². The lowest BCUT2D eigenvalue weighted by atomic mass is 10.1. The van der Waals surface area contributed by atoms with E-state index in [9.17, 15) is 0 Å². The molecule has 0 amide bonds. The molecule has 1 saturated carbocycles. The Hall–Kier alpha value is -3.27. The van der Waals surface area contributed by atoms with Gasteiger partial charge in [-0.3, -0.25) is 4.40 Å². The summed E-state index contributed by atoms with van der Waals surface area (Å²) >= 11 is 0. The predicted molar refractivity (Wildman–Crippen MR) is 140 cm³/mol. The second-order valence-electron chi connectivity index (χ2n) is 10.7. The molecule has 6 rings (SSSR count). The van der Waals surface area contributed by atoms with Crippen LogP contribution in [0.2, 0.25) is 0 Å². The van der Waals surface area contributed by atoms with E-state index in [1.807, 2.05) is 23.7 Å². The molecular weight excluding hydrogens is 454 g/mol. The minimum absolute atomic E-state index is 0.212. The Labute approximate surface area is 211 Å². The largest absolute Gasteiger partial charge is 0.377 e. The Balaban J connectivity index is 1.53. The Bertz CT molecular complexity index is 1400. The first kappa shape index (κ1) is 23.1. The van der Waals surface area contributed by atoms with Gasteiger partial charge in [-0.2, -0.15) is 0 Å². The molecule has 190 valence electrons. The number of fused-ring (bicyclic) bond motifs is 2. The zero-order valence-corrected chi connectivity index (χ0v) is 21.8. The van der Waals surface area contributed by atoms with Crippen molar-refractivity contribution >= 4 is 28.3 Å². The molecule has 4 aromatic heterocycles. The monoisotopic (exact) mass is 489 g/mol. The van der Waals surface area contributed by atoms with Gasteiger partial charge in [0.15, 0.2) is 11.6 Å². The van der Waals surface area contributed by atoms with Gasteiger partial charge in [0.1, 0.15) is 22.9 Å². The van der Waals surface area contributed by atoms with Gasteiger partial charge < -0.3 is 19.5 Å². The molecule has 0 aromatic carbocycles. The first-order chi connectivity index (χ1) is 17.4. The molecule has 0 bridgehead atoms. The molecular formula is C26H35N9O. The summed E-state index contributed by atoms with van der Waals surface area (Å²) < 4.78 is 10.0. The van der Waals surface area contributed by atoms with Crippen LogP contribution in [0.4, 0.5) is 11.6 Å². The molecule has 1 N–H and O–H groups in total. The number of morpholine rings is 1. The first-order valence-electron chi connectivity index (χ1n) is 13.1.